The molecule has 6 aromatic rings. The minimum atomic E-state index is -2.65. The number of hydrogen-bond donors (Lipinski definition) is 0. The molecule has 0 N–H and O–H groups in total. The van der Waals surface area contributed by atoms with Crippen LogP contribution in [0.25, 0.3) is 10.8 Å². The summed E-state index contributed by atoms with van der Waals surface area (Å²) in [7, 11) is -2.65. The second-order valence-corrected chi connectivity index (χ2v) is 13.5. The average molecular weight is 508 g/mol. The van der Waals surface area contributed by atoms with E-state index in [1.165, 1.54) is 27.0 Å². The van der Waals surface area contributed by atoms with Crippen LogP contribution >= 0.6 is 0 Å². The smallest absolute Gasteiger partial charge is 0.343 e. The lowest BCUT2D eigenvalue weighted by Gasteiger charge is -2.45. The van der Waals surface area contributed by atoms with E-state index in [9.17, 15) is 4.79 Å². The average Bonchev–Trinajstić information content (AvgIpc) is 2.98. The summed E-state index contributed by atoms with van der Waals surface area (Å²) >= 11 is 0. The molecule has 0 amide bonds. The van der Waals surface area contributed by atoms with Crippen molar-refractivity contribution in [2.75, 3.05) is 4.90 Å². The van der Waals surface area contributed by atoms with Gasteiger partial charge in [0.15, 0.2) is 8.07 Å². The summed E-state index contributed by atoms with van der Waals surface area (Å²) in [6.07, 6.45) is 1.54. The summed E-state index contributed by atoms with van der Waals surface area (Å²) in [6.45, 7) is 1.97. The molecule has 4 heteroatoms. The monoisotopic (exact) mass is 507 g/mol. The zero-order valence-corrected chi connectivity index (χ0v) is 22.0. The van der Waals surface area contributed by atoms with Gasteiger partial charge in [0.05, 0.1) is 11.6 Å². The van der Waals surface area contributed by atoms with Crippen LogP contribution in [0.15, 0.2) is 143 Å². The maximum Gasteiger partial charge on any atom is 0.343 e. The fraction of sp³-hybridized carbons (Fsp3) is 0.0294. The van der Waals surface area contributed by atoms with Gasteiger partial charge in [0.25, 0.3) is 0 Å². The predicted molar refractivity (Wildman–Crippen MR) is 159 cm³/mol. The van der Waals surface area contributed by atoms with Gasteiger partial charge < -0.3 is 9.32 Å². The van der Waals surface area contributed by atoms with E-state index in [2.05, 4.69) is 120 Å². The van der Waals surface area contributed by atoms with Crippen molar-refractivity contribution in [2.24, 2.45) is 0 Å². The molecule has 182 valence electrons. The van der Waals surface area contributed by atoms with Gasteiger partial charge in [-0.1, -0.05) is 103 Å². The van der Waals surface area contributed by atoms with Crippen LogP contribution in [0.3, 0.4) is 0 Å². The summed E-state index contributed by atoms with van der Waals surface area (Å²) in [5.74, 6) is 0. The van der Waals surface area contributed by atoms with Gasteiger partial charge in [-0.3, -0.25) is 0 Å². The summed E-state index contributed by atoms with van der Waals surface area (Å²) in [6, 6.07) is 45.6. The second-order valence-electron chi connectivity index (χ2n) is 9.79. The highest BCUT2D eigenvalue weighted by atomic mass is 28.3. The van der Waals surface area contributed by atoms with Gasteiger partial charge in [0.2, 0.25) is 0 Å². The minimum Gasteiger partial charge on any atom is -0.431 e. The Morgan fingerprint density at radius 2 is 1.13 bits per heavy atom. The molecule has 0 spiro atoms. The Balaban J connectivity index is 1.60. The van der Waals surface area contributed by atoms with Crippen molar-refractivity contribution in [1.29, 1.82) is 0 Å². The zero-order chi connectivity index (χ0) is 25.7. The Morgan fingerprint density at radius 3 is 1.71 bits per heavy atom. The molecule has 0 saturated heterocycles. The summed E-state index contributed by atoms with van der Waals surface area (Å²) in [5.41, 5.74) is 3.86. The molecule has 1 aliphatic rings. The van der Waals surface area contributed by atoms with Crippen molar-refractivity contribution in [3.8, 4) is 0 Å². The fourth-order valence-corrected chi connectivity index (χ4v) is 11.2. The highest BCUT2D eigenvalue weighted by molar-refractivity contribution is 7.21. The molecule has 1 aliphatic heterocycles. The maximum absolute atomic E-state index is 12.8. The Hall–Kier alpha value is -4.67. The zero-order valence-electron chi connectivity index (χ0n) is 21.0. The van der Waals surface area contributed by atoms with Gasteiger partial charge >= 0.3 is 5.63 Å². The van der Waals surface area contributed by atoms with E-state index >= 15 is 0 Å². The summed E-state index contributed by atoms with van der Waals surface area (Å²) in [5, 5.41) is 6.86. The third-order valence-corrected chi connectivity index (χ3v) is 12.6. The summed E-state index contributed by atoms with van der Waals surface area (Å²) in [4.78, 5) is 15.1. The second kappa shape index (κ2) is 8.72. The van der Waals surface area contributed by atoms with E-state index in [0.29, 0.717) is 5.39 Å². The molecule has 5 aromatic carbocycles. The SMILES string of the molecule is Cc1coc(=O)c2cc(N3c4ccccc4[Si](c4ccccc4)(c4ccccc4)c4ccccc43)ccc12. The number of fused-ring (bicyclic) bond motifs is 3. The molecular weight excluding hydrogens is 482 g/mol. The number of rotatable bonds is 3. The minimum absolute atomic E-state index is 0.316. The predicted octanol–water partition coefficient (Wildman–Crippen LogP) is 5.26. The lowest BCUT2D eigenvalue weighted by molar-refractivity contribution is 0.516. The maximum atomic E-state index is 12.8. The molecule has 0 atom stereocenters. The van der Waals surface area contributed by atoms with Crippen molar-refractivity contribution in [2.45, 2.75) is 6.92 Å². The van der Waals surface area contributed by atoms with Crippen molar-refractivity contribution >= 4 is 56.7 Å². The van der Waals surface area contributed by atoms with E-state index in [1.807, 2.05) is 19.1 Å². The van der Waals surface area contributed by atoms with Crippen LogP contribution in [-0.4, -0.2) is 8.07 Å². The van der Waals surface area contributed by atoms with Gasteiger partial charge in [-0.2, -0.15) is 0 Å². The highest BCUT2D eigenvalue weighted by Gasteiger charge is 2.48. The van der Waals surface area contributed by atoms with Gasteiger partial charge in [-0.25, -0.2) is 4.79 Å². The molecule has 0 saturated carbocycles. The van der Waals surface area contributed by atoms with Crippen LogP contribution in [0.1, 0.15) is 5.56 Å². The number of hydrogen-bond acceptors (Lipinski definition) is 3. The number of benzene rings is 5. The molecule has 0 unspecified atom stereocenters. The molecule has 0 fully saturated rings. The van der Waals surface area contributed by atoms with Crippen LogP contribution in [0.4, 0.5) is 17.1 Å². The number of aryl methyl sites for hydroxylation is 1. The van der Waals surface area contributed by atoms with E-state index in [1.54, 1.807) is 0 Å². The number of anilines is 3. The quantitative estimate of drug-likeness (QED) is 0.306. The van der Waals surface area contributed by atoms with Crippen molar-refractivity contribution in [3.63, 3.8) is 0 Å². The Labute approximate surface area is 222 Å². The van der Waals surface area contributed by atoms with E-state index in [0.717, 1.165) is 28.0 Å². The summed E-state index contributed by atoms with van der Waals surface area (Å²) < 4.78 is 5.33. The lowest BCUT2D eigenvalue weighted by Crippen LogP contribution is -2.77. The molecule has 0 radical (unpaired) electrons. The van der Waals surface area contributed by atoms with Crippen LogP contribution in [-0.2, 0) is 0 Å². The molecule has 2 heterocycles. The molecular formula is C34H25NO2Si. The topological polar surface area (TPSA) is 33.5 Å². The van der Waals surface area contributed by atoms with Crippen LogP contribution in [0, 0.1) is 6.92 Å². The first-order valence-corrected chi connectivity index (χ1v) is 14.8. The van der Waals surface area contributed by atoms with E-state index in [4.69, 9.17) is 4.42 Å². The molecule has 7 rings (SSSR count). The molecule has 38 heavy (non-hydrogen) atoms. The Bertz CT molecular complexity index is 1770. The number of nitrogens with zero attached hydrogens (tertiary/aromatic N) is 1. The molecule has 0 aliphatic carbocycles. The first kappa shape index (κ1) is 22.5. The molecule has 0 bridgehead atoms. The first-order chi connectivity index (χ1) is 18.7. The normalized spacial score (nSPS) is 13.7. The van der Waals surface area contributed by atoms with Crippen LogP contribution in [0.2, 0.25) is 0 Å². The van der Waals surface area contributed by atoms with Gasteiger partial charge in [0, 0.05) is 17.1 Å². The molecule has 1 aromatic heterocycles. The largest absolute Gasteiger partial charge is 0.431 e. The third kappa shape index (κ3) is 3.17. The van der Waals surface area contributed by atoms with Crippen molar-refractivity contribution in [1.82, 2.24) is 0 Å². The number of para-hydroxylation sites is 2. The van der Waals surface area contributed by atoms with Crippen molar-refractivity contribution in [3.05, 3.63) is 150 Å². The van der Waals surface area contributed by atoms with Gasteiger partial charge in [0.1, 0.15) is 0 Å². The highest BCUT2D eigenvalue weighted by Crippen LogP contribution is 2.39. The first-order valence-electron chi connectivity index (χ1n) is 12.8. The Morgan fingerprint density at radius 1 is 0.605 bits per heavy atom. The lowest BCUT2D eigenvalue weighted by atomic mass is 10.1. The fourth-order valence-electron chi connectivity index (χ4n) is 6.14. The molecule has 3 nitrogen and oxygen atoms in total. The van der Waals surface area contributed by atoms with Crippen molar-refractivity contribution < 1.29 is 4.42 Å². The van der Waals surface area contributed by atoms with E-state index < -0.39 is 8.07 Å². The van der Waals surface area contributed by atoms with E-state index in [-0.39, 0.29) is 5.63 Å². The standard InChI is InChI=1S/C34H25NO2Si/c1-24-23-37-34(36)29-22-25(20-21-28(24)29)35-30-16-8-10-18-32(30)38(26-12-4-2-5-13-26,27-14-6-3-7-15-27)33-19-11-9-17-31(33)35/h2-23H,1H3. The van der Waals surface area contributed by atoms with Crippen LogP contribution < -0.4 is 31.3 Å². The van der Waals surface area contributed by atoms with Gasteiger partial charge in [-0.05, 0) is 62.9 Å². The van der Waals surface area contributed by atoms with Gasteiger partial charge in [-0.15, -0.1) is 0 Å². The van der Waals surface area contributed by atoms with Crippen LogP contribution in [0.5, 0.6) is 0 Å². The third-order valence-electron chi connectivity index (χ3n) is 7.76. The Kier molecular flexibility index (Phi) is 5.17.